The number of amidine groups is 1. The van der Waals surface area contributed by atoms with Gasteiger partial charge in [0, 0.05) is 11.1 Å². The average Bonchev–Trinajstić information content (AvgIpc) is 3.93. The number of benzene rings is 2. The SMILES string of the molecule is CC1(C(F)(F)F)C(=O)Nc2nc(-c3nn(Cc4ccccc4F)c4ncc(F)cc34)nc(N)c21.N=C(N)c1nn(Cc2ccccc2F)c2ncc(F)cc12.[C-]#[N+]C(C#N)C(C)(C(=O)OC)C(F)(F)F. The van der Waals surface area contributed by atoms with Crippen molar-refractivity contribution in [3.05, 3.63) is 130 Å². The Balaban J connectivity index is 0.000000191. The largest absolute Gasteiger partial charge is 0.468 e. The minimum atomic E-state index is -5.01. The first kappa shape index (κ1) is 50.7. The zero-order valence-electron chi connectivity index (χ0n) is 36.1. The van der Waals surface area contributed by atoms with Crippen molar-refractivity contribution in [3.8, 4) is 17.6 Å². The van der Waals surface area contributed by atoms with Gasteiger partial charge >= 0.3 is 24.4 Å². The maximum atomic E-state index is 14.2. The van der Waals surface area contributed by atoms with Gasteiger partial charge in [-0.2, -0.15) is 41.8 Å². The number of ether oxygens (including phenoxy) is 1. The van der Waals surface area contributed by atoms with Crippen molar-refractivity contribution in [2.24, 2.45) is 11.1 Å². The van der Waals surface area contributed by atoms with E-state index in [0.717, 1.165) is 31.6 Å². The van der Waals surface area contributed by atoms with Crippen LogP contribution in [0.2, 0.25) is 0 Å². The lowest BCUT2D eigenvalue weighted by atomic mass is 9.82. The van der Waals surface area contributed by atoms with Crippen LogP contribution in [-0.2, 0) is 32.8 Å². The number of hydrogen-bond acceptors (Lipinski definition) is 12. The molecule has 2 aromatic carbocycles. The summed E-state index contributed by atoms with van der Waals surface area (Å²) in [4.78, 5) is 41.7. The van der Waals surface area contributed by atoms with E-state index in [9.17, 15) is 53.5 Å². The van der Waals surface area contributed by atoms with Gasteiger partial charge in [0.1, 0.15) is 52.1 Å². The number of rotatable bonds is 8. The Labute approximate surface area is 387 Å². The van der Waals surface area contributed by atoms with Gasteiger partial charge in [-0.25, -0.2) is 53.4 Å². The molecule has 1 amide bonds. The highest BCUT2D eigenvalue weighted by molar-refractivity contribution is 6.07. The molecule has 0 spiro atoms. The van der Waals surface area contributed by atoms with Gasteiger partial charge in [-0.1, -0.05) is 36.4 Å². The predicted octanol–water partition coefficient (Wildman–Crippen LogP) is 7.15. The van der Waals surface area contributed by atoms with E-state index >= 15 is 0 Å². The number of nitrogens with one attached hydrogen (secondary N) is 2. The smallest absolute Gasteiger partial charge is 0.413 e. The molecule has 5 aromatic heterocycles. The number of esters is 1. The van der Waals surface area contributed by atoms with Crippen molar-refractivity contribution < 1.29 is 58.2 Å². The summed E-state index contributed by atoms with van der Waals surface area (Å²) in [5, 5.41) is 26.9. The lowest BCUT2D eigenvalue weighted by Gasteiger charge is -2.26. The molecule has 0 radical (unpaired) electrons. The van der Waals surface area contributed by atoms with E-state index in [-0.39, 0.29) is 58.6 Å². The van der Waals surface area contributed by atoms with Crippen molar-refractivity contribution in [1.29, 1.82) is 10.7 Å². The van der Waals surface area contributed by atoms with Crippen LogP contribution in [0.15, 0.2) is 73.1 Å². The van der Waals surface area contributed by atoms with Gasteiger partial charge in [-0.05, 0) is 38.1 Å². The van der Waals surface area contributed by atoms with Gasteiger partial charge in [-0.3, -0.25) is 19.8 Å². The van der Waals surface area contributed by atoms with E-state index in [1.165, 1.54) is 39.7 Å². The van der Waals surface area contributed by atoms with E-state index in [1.54, 1.807) is 24.3 Å². The Kier molecular flexibility index (Phi) is 13.8. The number of aromatic nitrogens is 8. The second kappa shape index (κ2) is 19.1. The molecule has 7 aromatic rings. The lowest BCUT2D eigenvalue weighted by Crippen LogP contribution is -2.50. The number of hydrogen-bond donors (Lipinski definition) is 4. The number of pyridine rings is 2. The number of nitrogens with two attached hydrogens (primary N) is 2. The molecule has 362 valence electrons. The van der Waals surface area contributed by atoms with E-state index in [2.05, 4.69) is 45.0 Å². The Hall–Kier alpha value is -8.75. The molecule has 0 saturated carbocycles. The average molecular weight is 983 g/mol. The number of nitrogens with zero attached hydrogens (tertiary/aromatic N) is 10. The quantitative estimate of drug-likeness (QED) is 0.0390. The van der Waals surface area contributed by atoms with E-state index in [0.29, 0.717) is 30.4 Å². The first-order chi connectivity index (χ1) is 32.8. The molecular weight excluding hydrogens is 951 g/mol. The molecular formula is C43H32F10N14O3. The predicted molar refractivity (Wildman–Crippen MR) is 227 cm³/mol. The lowest BCUT2D eigenvalue weighted by molar-refractivity contribution is -0.228. The molecule has 6 heterocycles. The van der Waals surface area contributed by atoms with E-state index in [1.807, 2.05) is 0 Å². The van der Waals surface area contributed by atoms with Crippen LogP contribution in [0, 0.1) is 52.0 Å². The summed E-state index contributed by atoms with van der Waals surface area (Å²) < 4.78 is 141. The minimum absolute atomic E-state index is 0.0531. The van der Waals surface area contributed by atoms with Crippen LogP contribution in [0.1, 0.15) is 36.2 Å². The fourth-order valence-corrected chi connectivity index (χ4v) is 6.89. The highest BCUT2D eigenvalue weighted by atomic mass is 19.4. The van der Waals surface area contributed by atoms with Crippen LogP contribution >= 0.6 is 0 Å². The number of alkyl halides is 6. The van der Waals surface area contributed by atoms with Gasteiger partial charge in [-0.15, -0.1) is 0 Å². The number of halogens is 10. The second-order valence-electron chi connectivity index (χ2n) is 15.2. The van der Waals surface area contributed by atoms with Gasteiger partial charge < -0.3 is 21.5 Å². The second-order valence-corrected chi connectivity index (χ2v) is 15.2. The number of methoxy groups -OCH3 is 1. The van der Waals surface area contributed by atoms with Crippen molar-refractivity contribution in [2.75, 3.05) is 18.2 Å². The van der Waals surface area contributed by atoms with Gasteiger partial charge in [0.2, 0.25) is 11.3 Å². The number of fused-ring (bicyclic) bond motifs is 3. The maximum absolute atomic E-state index is 14.2. The molecule has 0 bridgehead atoms. The standard InChI is InChI=1S/C21H14F5N7O.C14H11F2N5.C8H7F3N2O2/c1-20(21(24,25)26)13-15(27)29-17(30-16(13)31-19(20)34)14-11-6-10(22)7-28-18(11)33(32-14)8-9-4-2-3-5-12(9)23;15-9-5-10-12(13(17)18)20-21(14(10)19-6-9)7-8-3-1-2-4-11(8)16;1-7(6(14)15-3,8(9,10)11)5(4-12)13-2/h2-7H,8H2,1H3,(H3,27,29,30,31,34);1-6H,7H2,(H3,17,18);5H,1,3H3. The molecule has 1 aliphatic heterocycles. The van der Waals surface area contributed by atoms with Crippen molar-refractivity contribution >= 4 is 51.4 Å². The molecule has 6 N–H and O–H groups in total. The molecule has 1 aliphatic rings. The Morgan fingerprint density at radius 2 is 1.43 bits per heavy atom. The first-order valence-electron chi connectivity index (χ1n) is 19.6. The summed E-state index contributed by atoms with van der Waals surface area (Å²) in [5.41, 5.74) is 5.93. The summed E-state index contributed by atoms with van der Waals surface area (Å²) in [6.07, 6.45) is -7.97. The normalized spacial score (nSPS) is 15.5. The fraction of sp³-hybridized carbons (Fsp3) is 0.233. The number of carbonyl (C=O) groups is 2. The monoisotopic (exact) mass is 982 g/mol. The highest BCUT2D eigenvalue weighted by Gasteiger charge is 2.67. The highest BCUT2D eigenvalue weighted by Crippen LogP contribution is 2.50. The first-order valence-corrected chi connectivity index (χ1v) is 19.6. The third-order valence-corrected chi connectivity index (χ3v) is 10.8. The van der Waals surface area contributed by atoms with E-state index < -0.39 is 75.8 Å². The minimum Gasteiger partial charge on any atom is -0.468 e. The van der Waals surface area contributed by atoms with Crippen molar-refractivity contribution in [1.82, 2.24) is 39.5 Å². The summed E-state index contributed by atoms with van der Waals surface area (Å²) in [7, 11) is 0.769. The van der Waals surface area contributed by atoms with E-state index in [4.69, 9.17) is 28.7 Å². The van der Waals surface area contributed by atoms with Crippen LogP contribution < -0.4 is 16.8 Å². The van der Waals surface area contributed by atoms with Crippen LogP contribution in [0.5, 0.6) is 0 Å². The number of amides is 1. The Morgan fingerprint density at radius 3 is 1.90 bits per heavy atom. The van der Waals surface area contributed by atoms with Crippen LogP contribution in [0.25, 0.3) is 38.4 Å². The maximum Gasteiger partial charge on any atom is 0.413 e. The van der Waals surface area contributed by atoms with Crippen LogP contribution in [0.4, 0.5) is 55.5 Å². The molecule has 0 saturated heterocycles. The summed E-state index contributed by atoms with van der Waals surface area (Å²) in [6, 6.07) is 13.5. The van der Waals surface area contributed by atoms with Crippen LogP contribution in [0.3, 0.4) is 0 Å². The molecule has 8 rings (SSSR count). The molecule has 0 aliphatic carbocycles. The van der Waals surface area contributed by atoms with Crippen molar-refractivity contribution in [3.63, 3.8) is 0 Å². The fourth-order valence-electron chi connectivity index (χ4n) is 6.89. The summed E-state index contributed by atoms with van der Waals surface area (Å²) in [5.74, 6) is -6.68. The topological polar surface area (TPSA) is 247 Å². The van der Waals surface area contributed by atoms with Crippen molar-refractivity contribution in [2.45, 2.75) is 50.7 Å². The third kappa shape index (κ3) is 9.27. The zero-order chi connectivity index (χ0) is 51.7. The van der Waals surface area contributed by atoms with Gasteiger partial charge in [0.05, 0.1) is 48.9 Å². The summed E-state index contributed by atoms with van der Waals surface area (Å²) in [6.45, 7) is 7.66. The number of anilines is 2. The number of nitriles is 1. The van der Waals surface area contributed by atoms with Gasteiger partial charge in [0.25, 0.3) is 0 Å². The third-order valence-electron chi connectivity index (χ3n) is 10.8. The zero-order valence-corrected chi connectivity index (χ0v) is 36.1. The molecule has 70 heavy (non-hydrogen) atoms. The molecule has 17 nitrogen and oxygen atoms in total. The van der Waals surface area contributed by atoms with Crippen LogP contribution in [-0.4, -0.2) is 82.7 Å². The molecule has 3 unspecified atom stereocenters. The number of carbonyl (C=O) groups excluding carboxylic acids is 2. The Morgan fingerprint density at radius 1 is 0.914 bits per heavy atom. The molecule has 3 atom stereocenters. The summed E-state index contributed by atoms with van der Waals surface area (Å²) >= 11 is 0. The molecule has 0 fully saturated rings. The molecule has 27 heteroatoms. The Bertz CT molecular complexity index is 3270. The van der Waals surface area contributed by atoms with Gasteiger partial charge in [0.15, 0.2) is 28.6 Å². The number of nitrogen functional groups attached to an aromatic ring is 2.